The number of aryl methyl sites for hydroxylation is 2. The minimum Gasteiger partial charge on any atom is -0.394 e. The van der Waals surface area contributed by atoms with Crippen molar-refractivity contribution in [1.29, 1.82) is 5.26 Å². The molecular formula is C10H17N5. The lowest BCUT2D eigenvalue weighted by atomic mass is 10.2. The second-order valence-corrected chi connectivity index (χ2v) is 3.77. The number of nitriles is 1. The summed E-state index contributed by atoms with van der Waals surface area (Å²) in [6.07, 6.45) is 0.472. The standard InChI is InChI=1S/C10H17N5/c1-7(5-6-11)14(3)10-9(12)8(2)13-15(10)4/h7H,5,12H2,1-4H3. The SMILES string of the molecule is Cc1nn(C)c(N(C)C(C)CC#N)c1N. The van der Waals surface area contributed by atoms with Gasteiger partial charge in [0.25, 0.3) is 0 Å². The van der Waals surface area contributed by atoms with Crippen molar-refractivity contribution in [3.63, 3.8) is 0 Å². The van der Waals surface area contributed by atoms with Gasteiger partial charge in [0.2, 0.25) is 0 Å². The van der Waals surface area contributed by atoms with Crippen LogP contribution >= 0.6 is 0 Å². The molecule has 5 nitrogen and oxygen atoms in total. The molecule has 15 heavy (non-hydrogen) atoms. The number of nitrogens with zero attached hydrogens (tertiary/aromatic N) is 4. The molecule has 0 bridgehead atoms. The molecule has 1 aromatic heterocycles. The molecule has 0 saturated carbocycles. The summed E-state index contributed by atoms with van der Waals surface area (Å²) in [4.78, 5) is 1.98. The maximum atomic E-state index is 8.65. The molecule has 82 valence electrons. The molecule has 0 radical (unpaired) electrons. The van der Waals surface area contributed by atoms with Crippen molar-refractivity contribution in [1.82, 2.24) is 9.78 Å². The molecule has 0 aliphatic carbocycles. The van der Waals surface area contributed by atoms with Gasteiger partial charge < -0.3 is 10.6 Å². The normalized spacial score (nSPS) is 12.2. The Morgan fingerprint density at radius 2 is 2.27 bits per heavy atom. The highest BCUT2D eigenvalue weighted by Gasteiger charge is 2.18. The second kappa shape index (κ2) is 4.22. The summed E-state index contributed by atoms with van der Waals surface area (Å²) in [5.41, 5.74) is 7.44. The molecule has 0 spiro atoms. The van der Waals surface area contributed by atoms with E-state index in [1.807, 2.05) is 32.8 Å². The highest BCUT2D eigenvalue weighted by molar-refractivity contribution is 5.66. The third-order valence-corrected chi connectivity index (χ3v) is 2.62. The average molecular weight is 207 g/mol. The third kappa shape index (κ3) is 2.04. The van der Waals surface area contributed by atoms with Gasteiger partial charge in [0.15, 0.2) is 0 Å². The van der Waals surface area contributed by atoms with E-state index in [2.05, 4.69) is 11.2 Å². The van der Waals surface area contributed by atoms with Crippen LogP contribution in [0.15, 0.2) is 0 Å². The molecule has 5 heteroatoms. The summed E-state index contributed by atoms with van der Waals surface area (Å²) in [6, 6.07) is 2.28. The molecule has 1 heterocycles. The number of nitrogens with two attached hydrogens (primary N) is 1. The highest BCUT2D eigenvalue weighted by atomic mass is 15.4. The first-order valence-electron chi connectivity index (χ1n) is 4.87. The van der Waals surface area contributed by atoms with Crippen molar-refractivity contribution in [2.45, 2.75) is 26.3 Å². The van der Waals surface area contributed by atoms with E-state index in [0.29, 0.717) is 12.1 Å². The van der Waals surface area contributed by atoms with Gasteiger partial charge in [0, 0.05) is 20.1 Å². The van der Waals surface area contributed by atoms with Crippen LogP contribution in [0.4, 0.5) is 11.5 Å². The summed E-state index contributed by atoms with van der Waals surface area (Å²) in [5, 5.41) is 12.9. The molecule has 1 rings (SSSR count). The zero-order chi connectivity index (χ0) is 11.6. The van der Waals surface area contributed by atoms with Gasteiger partial charge in [-0.1, -0.05) is 0 Å². The Hall–Kier alpha value is -1.70. The lowest BCUT2D eigenvalue weighted by molar-refractivity contribution is 0.655. The minimum absolute atomic E-state index is 0.132. The predicted molar refractivity (Wildman–Crippen MR) is 60.5 cm³/mol. The minimum atomic E-state index is 0.132. The van der Waals surface area contributed by atoms with Crippen LogP contribution in [0.2, 0.25) is 0 Å². The van der Waals surface area contributed by atoms with E-state index in [0.717, 1.165) is 11.5 Å². The number of hydrogen-bond acceptors (Lipinski definition) is 4. The summed E-state index contributed by atoms with van der Waals surface area (Å²) in [7, 11) is 3.78. The molecule has 0 aliphatic rings. The van der Waals surface area contributed by atoms with Crippen LogP contribution in [-0.2, 0) is 7.05 Å². The van der Waals surface area contributed by atoms with E-state index in [-0.39, 0.29) is 6.04 Å². The number of anilines is 2. The van der Waals surface area contributed by atoms with Crippen LogP contribution in [0.25, 0.3) is 0 Å². The summed E-state index contributed by atoms with van der Waals surface area (Å²) >= 11 is 0. The van der Waals surface area contributed by atoms with Crippen LogP contribution in [0.1, 0.15) is 19.0 Å². The van der Waals surface area contributed by atoms with Crippen molar-refractivity contribution in [2.24, 2.45) is 7.05 Å². The Bertz CT molecular complexity index is 387. The van der Waals surface area contributed by atoms with Crippen LogP contribution in [0.3, 0.4) is 0 Å². The molecule has 1 unspecified atom stereocenters. The fourth-order valence-electron chi connectivity index (χ4n) is 1.56. The second-order valence-electron chi connectivity index (χ2n) is 3.77. The number of aromatic nitrogens is 2. The van der Waals surface area contributed by atoms with Crippen molar-refractivity contribution < 1.29 is 0 Å². The van der Waals surface area contributed by atoms with Crippen molar-refractivity contribution in [2.75, 3.05) is 17.7 Å². The van der Waals surface area contributed by atoms with Gasteiger partial charge in [-0.25, -0.2) is 0 Å². The molecule has 0 aliphatic heterocycles. The monoisotopic (exact) mass is 207 g/mol. The number of nitrogen functional groups attached to an aromatic ring is 1. The van der Waals surface area contributed by atoms with E-state index in [1.165, 1.54) is 0 Å². The molecule has 0 amide bonds. The largest absolute Gasteiger partial charge is 0.394 e. The van der Waals surface area contributed by atoms with Crippen molar-refractivity contribution in [3.05, 3.63) is 5.69 Å². The van der Waals surface area contributed by atoms with Crippen molar-refractivity contribution in [3.8, 4) is 6.07 Å². The van der Waals surface area contributed by atoms with Gasteiger partial charge in [-0.3, -0.25) is 4.68 Å². The maximum Gasteiger partial charge on any atom is 0.150 e. The Balaban J connectivity index is 3.01. The average Bonchev–Trinajstić information content (AvgIpc) is 2.41. The van der Waals surface area contributed by atoms with E-state index in [9.17, 15) is 0 Å². The maximum absolute atomic E-state index is 8.65. The lowest BCUT2D eigenvalue weighted by Gasteiger charge is -2.25. The first kappa shape index (κ1) is 11.4. The lowest BCUT2D eigenvalue weighted by Crippen LogP contribution is -2.30. The van der Waals surface area contributed by atoms with Gasteiger partial charge in [-0.2, -0.15) is 10.4 Å². The fraction of sp³-hybridized carbons (Fsp3) is 0.600. The topological polar surface area (TPSA) is 70.9 Å². The molecule has 0 fully saturated rings. The Morgan fingerprint density at radius 1 is 1.67 bits per heavy atom. The van der Waals surface area contributed by atoms with Crippen LogP contribution in [0, 0.1) is 18.3 Å². The fourth-order valence-corrected chi connectivity index (χ4v) is 1.56. The third-order valence-electron chi connectivity index (χ3n) is 2.62. The van der Waals surface area contributed by atoms with Crippen LogP contribution in [-0.4, -0.2) is 22.9 Å². The molecule has 0 aromatic carbocycles. The molecule has 0 saturated heterocycles. The van der Waals surface area contributed by atoms with E-state index in [4.69, 9.17) is 11.0 Å². The Morgan fingerprint density at radius 3 is 2.67 bits per heavy atom. The van der Waals surface area contributed by atoms with Gasteiger partial charge in [-0.05, 0) is 13.8 Å². The molecular weight excluding hydrogens is 190 g/mol. The summed E-state index contributed by atoms with van der Waals surface area (Å²) < 4.78 is 1.75. The first-order chi connectivity index (χ1) is 6.99. The summed E-state index contributed by atoms with van der Waals surface area (Å²) in [5.74, 6) is 0.871. The van der Waals surface area contributed by atoms with E-state index in [1.54, 1.807) is 4.68 Å². The zero-order valence-corrected chi connectivity index (χ0v) is 9.65. The zero-order valence-electron chi connectivity index (χ0n) is 9.65. The van der Waals surface area contributed by atoms with Gasteiger partial charge in [-0.15, -0.1) is 0 Å². The number of rotatable bonds is 3. The van der Waals surface area contributed by atoms with Gasteiger partial charge >= 0.3 is 0 Å². The van der Waals surface area contributed by atoms with E-state index >= 15 is 0 Å². The first-order valence-corrected chi connectivity index (χ1v) is 4.87. The van der Waals surface area contributed by atoms with Gasteiger partial charge in [0.05, 0.1) is 23.9 Å². The highest BCUT2D eigenvalue weighted by Crippen LogP contribution is 2.26. The molecule has 1 aromatic rings. The van der Waals surface area contributed by atoms with Crippen LogP contribution < -0.4 is 10.6 Å². The number of hydrogen-bond donors (Lipinski definition) is 1. The summed E-state index contributed by atoms with van der Waals surface area (Å²) in [6.45, 7) is 3.87. The van der Waals surface area contributed by atoms with E-state index < -0.39 is 0 Å². The molecule has 2 N–H and O–H groups in total. The van der Waals surface area contributed by atoms with Gasteiger partial charge in [0.1, 0.15) is 5.82 Å². The van der Waals surface area contributed by atoms with Crippen LogP contribution in [0.5, 0.6) is 0 Å². The molecule has 1 atom stereocenters. The smallest absolute Gasteiger partial charge is 0.150 e. The Kier molecular flexibility index (Phi) is 3.20. The quantitative estimate of drug-likeness (QED) is 0.804. The Labute approximate surface area is 90.1 Å². The van der Waals surface area contributed by atoms with Crippen molar-refractivity contribution >= 4 is 11.5 Å². The predicted octanol–water partition coefficient (Wildman–Crippen LogP) is 1.05.